The standard InChI is InChI=1S/C22H34N4O3/c1-23-22(25-16-21(27)24-15-18-7-3-2-4-8-18)26-12-10-19(11-13-26)29-17-20-9-5-6-14-28-20/h2-4,7-8,19-20H,5-6,9-17H2,1H3,(H,23,25)(H,24,27). The summed E-state index contributed by atoms with van der Waals surface area (Å²) in [4.78, 5) is 18.7. The van der Waals surface area contributed by atoms with Gasteiger partial charge in [-0.2, -0.15) is 0 Å². The first kappa shape index (κ1) is 21.6. The molecule has 160 valence electrons. The van der Waals surface area contributed by atoms with Crippen LogP contribution in [0, 0.1) is 0 Å². The number of carbonyl (C=O) groups is 1. The van der Waals surface area contributed by atoms with Crippen LogP contribution in [0.15, 0.2) is 35.3 Å². The average molecular weight is 403 g/mol. The van der Waals surface area contributed by atoms with E-state index in [9.17, 15) is 4.79 Å². The van der Waals surface area contributed by atoms with E-state index in [1.165, 1.54) is 12.8 Å². The van der Waals surface area contributed by atoms with Crippen molar-refractivity contribution in [3.05, 3.63) is 35.9 Å². The molecule has 0 spiro atoms. The van der Waals surface area contributed by atoms with Gasteiger partial charge >= 0.3 is 0 Å². The molecule has 7 nitrogen and oxygen atoms in total. The smallest absolute Gasteiger partial charge is 0.239 e. The number of hydrogen-bond acceptors (Lipinski definition) is 4. The van der Waals surface area contributed by atoms with Crippen molar-refractivity contribution >= 4 is 11.9 Å². The molecule has 3 rings (SSSR count). The van der Waals surface area contributed by atoms with Crippen LogP contribution in [0.3, 0.4) is 0 Å². The molecule has 29 heavy (non-hydrogen) atoms. The normalized spacial score (nSPS) is 21.1. The lowest BCUT2D eigenvalue weighted by Gasteiger charge is -2.35. The van der Waals surface area contributed by atoms with E-state index in [1.807, 2.05) is 30.3 Å². The van der Waals surface area contributed by atoms with Crippen LogP contribution in [0.25, 0.3) is 0 Å². The summed E-state index contributed by atoms with van der Waals surface area (Å²) in [6, 6.07) is 9.90. The molecule has 2 fully saturated rings. The largest absolute Gasteiger partial charge is 0.376 e. The van der Waals surface area contributed by atoms with Crippen molar-refractivity contribution in [3.8, 4) is 0 Å². The number of guanidine groups is 1. The lowest BCUT2D eigenvalue weighted by molar-refractivity contribution is -0.120. The lowest BCUT2D eigenvalue weighted by Crippen LogP contribution is -2.49. The van der Waals surface area contributed by atoms with E-state index in [2.05, 4.69) is 20.5 Å². The summed E-state index contributed by atoms with van der Waals surface area (Å²) in [7, 11) is 1.76. The van der Waals surface area contributed by atoms with Crippen molar-refractivity contribution in [2.24, 2.45) is 4.99 Å². The molecular weight excluding hydrogens is 368 g/mol. The Hall–Kier alpha value is -2.12. The van der Waals surface area contributed by atoms with E-state index >= 15 is 0 Å². The highest BCUT2D eigenvalue weighted by Gasteiger charge is 2.24. The van der Waals surface area contributed by atoms with Crippen molar-refractivity contribution in [1.29, 1.82) is 0 Å². The van der Waals surface area contributed by atoms with Gasteiger partial charge < -0.3 is 25.0 Å². The van der Waals surface area contributed by atoms with Crippen LogP contribution in [0.2, 0.25) is 0 Å². The van der Waals surface area contributed by atoms with Crippen molar-refractivity contribution in [3.63, 3.8) is 0 Å². The quantitative estimate of drug-likeness (QED) is 0.538. The number of ether oxygens (including phenoxy) is 2. The van der Waals surface area contributed by atoms with E-state index in [-0.39, 0.29) is 24.7 Å². The van der Waals surface area contributed by atoms with Gasteiger partial charge in [0.2, 0.25) is 5.91 Å². The third kappa shape index (κ3) is 7.33. The molecule has 1 aromatic rings. The van der Waals surface area contributed by atoms with Gasteiger partial charge in [-0.1, -0.05) is 30.3 Å². The SMILES string of the molecule is CN=C(NCC(=O)NCc1ccccc1)N1CCC(OCC2CCCCO2)CC1. The van der Waals surface area contributed by atoms with Crippen LogP contribution in [0.4, 0.5) is 0 Å². The predicted molar refractivity (Wildman–Crippen MR) is 114 cm³/mol. The van der Waals surface area contributed by atoms with Gasteiger partial charge in [-0.3, -0.25) is 9.79 Å². The molecular formula is C22H34N4O3. The topological polar surface area (TPSA) is 75.2 Å². The van der Waals surface area contributed by atoms with Gasteiger partial charge in [-0.05, 0) is 37.7 Å². The van der Waals surface area contributed by atoms with Crippen LogP contribution < -0.4 is 10.6 Å². The molecule has 2 heterocycles. The third-order valence-corrected chi connectivity index (χ3v) is 5.48. The minimum atomic E-state index is -0.0410. The molecule has 2 saturated heterocycles. The van der Waals surface area contributed by atoms with Crippen LogP contribution >= 0.6 is 0 Å². The Balaban J connectivity index is 1.32. The van der Waals surface area contributed by atoms with Crippen LogP contribution in [-0.2, 0) is 20.8 Å². The number of piperidine rings is 1. The first-order valence-corrected chi connectivity index (χ1v) is 10.7. The summed E-state index contributed by atoms with van der Waals surface area (Å²) in [5.74, 6) is 0.731. The highest BCUT2D eigenvalue weighted by atomic mass is 16.5. The number of nitrogens with zero attached hydrogens (tertiary/aromatic N) is 2. The number of likely N-dealkylation sites (tertiary alicyclic amines) is 1. The van der Waals surface area contributed by atoms with Gasteiger partial charge in [-0.25, -0.2) is 0 Å². The summed E-state index contributed by atoms with van der Waals surface area (Å²) in [6.07, 6.45) is 6.01. The fourth-order valence-corrected chi connectivity index (χ4v) is 3.77. The molecule has 2 aliphatic rings. The molecule has 0 saturated carbocycles. The molecule has 0 aliphatic carbocycles. The van der Waals surface area contributed by atoms with Crippen molar-refractivity contribution in [2.75, 3.05) is 39.9 Å². The maximum Gasteiger partial charge on any atom is 0.239 e. The zero-order chi connectivity index (χ0) is 20.3. The van der Waals surface area contributed by atoms with Crippen LogP contribution in [0.5, 0.6) is 0 Å². The number of amides is 1. The highest BCUT2D eigenvalue weighted by molar-refractivity contribution is 5.86. The molecule has 1 aromatic carbocycles. The zero-order valence-corrected chi connectivity index (χ0v) is 17.4. The van der Waals surface area contributed by atoms with E-state index in [0.29, 0.717) is 13.2 Å². The molecule has 1 atom stereocenters. The Kier molecular flexibility index (Phi) is 8.77. The molecule has 0 radical (unpaired) electrons. The molecule has 2 aliphatic heterocycles. The number of nitrogens with one attached hydrogen (secondary N) is 2. The molecule has 0 aromatic heterocycles. The van der Waals surface area contributed by atoms with Gasteiger partial charge in [0.25, 0.3) is 0 Å². The lowest BCUT2D eigenvalue weighted by atomic mass is 10.1. The Morgan fingerprint density at radius 3 is 2.66 bits per heavy atom. The Bertz CT molecular complexity index is 639. The minimum Gasteiger partial charge on any atom is -0.376 e. The second-order valence-corrected chi connectivity index (χ2v) is 7.67. The number of benzene rings is 1. The number of aliphatic imine (C=N–C) groups is 1. The third-order valence-electron chi connectivity index (χ3n) is 5.48. The van der Waals surface area contributed by atoms with Crippen LogP contribution in [-0.4, -0.2) is 68.9 Å². The molecule has 7 heteroatoms. The predicted octanol–water partition coefficient (Wildman–Crippen LogP) is 1.93. The summed E-state index contributed by atoms with van der Waals surface area (Å²) >= 11 is 0. The minimum absolute atomic E-state index is 0.0410. The van der Waals surface area contributed by atoms with E-state index in [0.717, 1.165) is 50.5 Å². The van der Waals surface area contributed by atoms with Gasteiger partial charge in [0.05, 0.1) is 25.4 Å². The maximum atomic E-state index is 12.1. The number of rotatable bonds is 7. The Morgan fingerprint density at radius 1 is 1.17 bits per heavy atom. The van der Waals surface area contributed by atoms with E-state index in [1.54, 1.807) is 7.05 Å². The summed E-state index contributed by atoms with van der Waals surface area (Å²) in [6.45, 7) is 4.08. The highest BCUT2D eigenvalue weighted by Crippen LogP contribution is 2.17. The first-order chi connectivity index (χ1) is 14.2. The van der Waals surface area contributed by atoms with Gasteiger partial charge in [-0.15, -0.1) is 0 Å². The Morgan fingerprint density at radius 2 is 1.97 bits per heavy atom. The number of hydrogen-bond donors (Lipinski definition) is 2. The molecule has 1 amide bonds. The van der Waals surface area contributed by atoms with Crippen molar-refractivity contribution in [2.45, 2.75) is 50.9 Å². The second kappa shape index (κ2) is 11.8. The maximum absolute atomic E-state index is 12.1. The van der Waals surface area contributed by atoms with E-state index in [4.69, 9.17) is 9.47 Å². The molecule has 0 bridgehead atoms. The van der Waals surface area contributed by atoms with Gasteiger partial charge in [0.15, 0.2) is 5.96 Å². The Labute approximate surface area is 173 Å². The second-order valence-electron chi connectivity index (χ2n) is 7.67. The summed E-state index contributed by atoms with van der Waals surface area (Å²) in [5, 5.41) is 6.11. The van der Waals surface area contributed by atoms with Crippen molar-refractivity contribution in [1.82, 2.24) is 15.5 Å². The fourth-order valence-electron chi connectivity index (χ4n) is 3.77. The number of carbonyl (C=O) groups excluding carboxylic acids is 1. The van der Waals surface area contributed by atoms with Gasteiger partial charge in [0, 0.05) is 33.3 Å². The summed E-state index contributed by atoms with van der Waals surface area (Å²) in [5.41, 5.74) is 1.09. The van der Waals surface area contributed by atoms with Crippen LogP contribution in [0.1, 0.15) is 37.7 Å². The monoisotopic (exact) mass is 402 g/mol. The van der Waals surface area contributed by atoms with Gasteiger partial charge in [0.1, 0.15) is 0 Å². The first-order valence-electron chi connectivity index (χ1n) is 10.7. The fraction of sp³-hybridized carbons (Fsp3) is 0.636. The summed E-state index contributed by atoms with van der Waals surface area (Å²) < 4.78 is 11.8. The molecule has 1 unspecified atom stereocenters. The van der Waals surface area contributed by atoms with E-state index < -0.39 is 0 Å². The zero-order valence-electron chi connectivity index (χ0n) is 17.4. The molecule has 2 N–H and O–H groups in total. The average Bonchev–Trinajstić information content (AvgIpc) is 2.79. The van der Waals surface area contributed by atoms with Crippen molar-refractivity contribution < 1.29 is 14.3 Å².